The second-order valence-corrected chi connectivity index (χ2v) is 8.07. The van der Waals surface area contributed by atoms with E-state index >= 15 is 0 Å². The Balaban J connectivity index is 1.45. The second kappa shape index (κ2) is 8.71. The van der Waals surface area contributed by atoms with Gasteiger partial charge in [0, 0.05) is 12.6 Å². The Hall–Kier alpha value is -2.44. The fourth-order valence-electron chi connectivity index (χ4n) is 3.68. The van der Waals surface area contributed by atoms with E-state index in [4.69, 9.17) is 4.52 Å². The van der Waals surface area contributed by atoms with E-state index in [1.165, 1.54) is 24.0 Å². The minimum Gasteiger partial charge on any atom is -0.355 e. The van der Waals surface area contributed by atoms with Crippen molar-refractivity contribution < 1.29 is 9.32 Å². The van der Waals surface area contributed by atoms with Crippen molar-refractivity contribution in [2.45, 2.75) is 32.2 Å². The maximum atomic E-state index is 12.6. The lowest BCUT2D eigenvalue weighted by Crippen LogP contribution is -2.36. The SMILES string of the molecule is CCc1ccc([C@@H](CNC(=O)c2cc(-c3cccs3)on2)N2CCCC2)cc1. The molecule has 6 heteroatoms. The zero-order chi connectivity index (χ0) is 19.3. The van der Waals surface area contributed by atoms with Gasteiger partial charge in [0.2, 0.25) is 0 Å². The van der Waals surface area contributed by atoms with Crippen LogP contribution in [0.5, 0.6) is 0 Å². The van der Waals surface area contributed by atoms with Gasteiger partial charge in [-0.2, -0.15) is 0 Å². The molecule has 1 N–H and O–H groups in total. The molecule has 146 valence electrons. The Labute approximate surface area is 169 Å². The van der Waals surface area contributed by atoms with Gasteiger partial charge in [0.25, 0.3) is 5.91 Å². The third kappa shape index (κ3) is 4.18. The summed E-state index contributed by atoms with van der Waals surface area (Å²) in [6, 6.07) is 14.6. The second-order valence-electron chi connectivity index (χ2n) is 7.12. The van der Waals surface area contributed by atoms with Crippen molar-refractivity contribution in [3.63, 3.8) is 0 Å². The van der Waals surface area contributed by atoms with Gasteiger partial charge in [-0.15, -0.1) is 11.3 Å². The molecule has 1 saturated heterocycles. The molecule has 3 aromatic rings. The Bertz CT molecular complexity index is 896. The highest BCUT2D eigenvalue weighted by Gasteiger charge is 2.24. The number of carbonyl (C=O) groups is 1. The number of nitrogens with zero attached hydrogens (tertiary/aromatic N) is 2. The number of aryl methyl sites for hydroxylation is 1. The highest BCUT2D eigenvalue weighted by Crippen LogP contribution is 2.26. The van der Waals surface area contributed by atoms with Gasteiger partial charge in [0.1, 0.15) is 0 Å². The molecule has 1 fully saturated rings. The fourth-order valence-corrected chi connectivity index (χ4v) is 4.36. The highest BCUT2D eigenvalue weighted by molar-refractivity contribution is 7.13. The minimum atomic E-state index is -0.194. The average Bonchev–Trinajstić information content (AvgIpc) is 3.50. The lowest BCUT2D eigenvalue weighted by molar-refractivity contribution is 0.0929. The van der Waals surface area contributed by atoms with Crippen molar-refractivity contribution in [3.05, 3.63) is 64.7 Å². The number of likely N-dealkylation sites (tertiary alicyclic amines) is 1. The highest BCUT2D eigenvalue weighted by atomic mass is 32.1. The van der Waals surface area contributed by atoms with Gasteiger partial charge in [-0.05, 0) is 54.9 Å². The summed E-state index contributed by atoms with van der Waals surface area (Å²) in [6.07, 6.45) is 3.46. The Morgan fingerprint density at radius 3 is 2.71 bits per heavy atom. The topological polar surface area (TPSA) is 58.4 Å². The molecule has 0 bridgehead atoms. The summed E-state index contributed by atoms with van der Waals surface area (Å²) >= 11 is 1.56. The van der Waals surface area contributed by atoms with Gasteiger partial charge in [-0.3, -0.25) is 9.69 Å². The van der Waals surface area contributed by atoms with Crippen molar-refractivity contribution in [2.75, 3.05) is 19.6 Å². The molecule has 28 heavy (non-hydrogen) atoms. The van der Waals surface area contributed by atoms with E-state index in [0.717, 1.165) is 24.4 Å². The van der Waals surface area contributed by atoms with Crippen LogP contribution in [0.2, 0.25) is 0 Å². The van der Waals surface area contributed by atoms with Gasteiger partial charge < -0.3 is 9.84 Å². The van der Waals surface area contributed by atoms with Gasteiger partial charge in [-0.25, -0.2) is 0 Å². The Morgan fingerprint density at radius 1 is 1.25 bits per heavy atom. The minimum absolute atomic E-state index is 0.182. The van der Waals surface area contributed by atoms with Gasteiger partial charge in [0.15, 0.2) is 11.5 Å². The molecule has 0 radical (unpaired) electrons. The largest absolute Gasteiger partial charge is 0.355 e. The van der Waals surface area contributed by atoms with Crippen molar-refractivity contribution in [1.29, 1.82) is 0 Å². The van der Waals surface area contributed by atoms with Crippen LogP contribution in [0.4, 0.5) is 0 Å². The molecule has 4 rings (SSSR count). The number of hydrogen-bond acceptors (Lipinski definition) is 5. The summed E-state index contributed by atoms with van der Waals surface area (Å²) in [6.45, 7) is 4.87. The standard InChI is InChI=1S/C22H25N3O2S/c1-2-16-7-9-17(10-8-16)19(25-11-3-4-12-25)15-23-22(26)18-14-20(27-24-18)21-6-5-13-28-21/h5-10,13-14,19H,2-4,11-12,15H2,1H3,(H,23,26)/t19-/m1/s1. The van der Waals surface area contributed by atoms with Crippen LogP contribution in [0.1, 0.15) is 47.4 Å². The zero-order valence-electron chi connectivity index (χ0n) is 16.1. The monoisotopic (exact) mass is 395 g/mol. The number of benzene rings is 1. The molecular formula is C22H25N3O2S. The molecule has 1 aromatic carbocycles. The summed E-state index contributed by atoms with van der Waals surface area (Å²) in [5.41, 5.74) is 2.90. The quantitative estimate of drug-likeness (QED) is 0.638. The van der Waals surface area contributed by atoms with E-state index in [9.17, 15) is 4.79 Å². The number of nitrogens with one attached hydrogen (secondary N) is 1. The fraction of sp³-hybridized carbons (Fsp3) is 0.364. The molecule has 1 aliphatic heterocycles. The first kappa shape index (κ1) is 18.9. The Kier molecular flexibility index (Phi) is 5.88. The van der Waals surface area contributed by atoms with Crippen molar-refractivity contribution in [3.8, 4) is 10.6 Å². The summed E-state index contributed by atoms with van der Waals surface area (Å²) in [5, 5.41) is 8.99. The number of hydrogen-bond donors (Lipinski definition) is 1. The molecular weight excluding hydrogens is 370 g/mol. The average molecular weight is 396 g/mol. The van der Waals surface area contributed by atoms with Gasteiger partial charge in [0.05, 0.1) is 10.9 Å². The third-order valence-electron chi connectivity index (χ3n) is 5.32. The Morgan fingerprint density at radius 2 is 2.04 bits per heavy atom. The summed E-state index contributed by atoms with van der Waals surface area (Å²) < 4.78 is 5.34. The molecule has 1 aliphatic rings. The summed E-state index contributed by atoms with van der Waals surface area (Å²) in [4.78, 5) is 16.1. The van der Waals surface area contributed by atoms with E-state index in [2.05, 4.69) is 46.6 Å². The number of amides is 1. The number of thiophene rings is 1. The molecule has 3 heterocycles. The number of rotatable bonds is 7. The number of carbonyl (C=O) groups excluding carboxylic acids is 1. The lowest BCUT2D eigenvalue weighted by atomic mass is 10.0. The van der Waals surface area contributed by atoms with Crippen LogP contribution in [-0.2, 0) is 6.42 Å². The first-order chi connectivity index (χ1) is 13.7. The molecule has 5 nitrogen and oxygen atoms in total. The zero-order valence-corrected chi connectivity index (χ0v) is 16.9. The third-order valence-corrected chi connectivity index (χ3v) is 6.20. The summed E-state index contributed by atoms with van der Waals surface area (Å²) in [5.74, 6) is 0.437. The van der Waals surface area contributed by atoms with Crippen molar-refractivity contribution >= 4 is 17.2 Å². The van der Waals surface area contributed by atoms with Crippen LogP contribution < -0.4 is 5.32 Å². The first-order valence-corrected chi connectivity index (χ1v) is 10.7. The van der Waals surface area contributed by atoms with E-state index in [1.54, 1.807) is 17.4 Å². The van der Waals surface area contributed by atoms with E-state index in [0.29, 0.717) is 18.0 Å². The van der Waals surface area contributed by atoms with Crippen molar-refractivity contribution in [2.24, 2.45) is 0 Å². The van der Waals surface area contributed by atoms with Crippen LogP contribution in [0, 0.1) is 0 Å². The molecule has 0 spiro atoms. The van der Waals surface area contributed by atoms with Crippen LogP contribution in [0.25, 0.3) is 10.6 Å². The molecule has 2 aromatic heterocycles. The lowest BCUT2D eigenvalue weighted by Gasteiger charge is -2.28. The van der Waals surface area contributed by atoms with E-state index in [-0.39, 0.29) is 11.9 Å². The molecule has 0 aliphatic carbocycles. The normalized spacial score (nSPS) is 15.6. The molecule has 0 saturated carbocycles. The molecule has 1 atom stereocenters. The maximum absolute atomic E-state index is 12.6. The predicted molar refractivity (Wildman–Crippen MR) is 112 cm³/mol. The van der Waals surface area contributed by atoms with Crippen LogP contribution in [0.15, 0.2) is 52.4 Å². The van der Waals surface area contributed by atoms with Gasteiger partial charge in [-0.1, -0.05) is 42.4 Å². The van der Waals surface area contributed by atoms with E-state index in [1.807, 2.05) is 17.5 Å². The first-order valence-electron chi connectivity index (χ1n) is 9.86. The number of aromatic nitrogens is 1. The summed E-state index contributed by atoms with van der Waals surface area (Å²) in [7, 11) is 0. The van der Waals surface area contributed by atoms with Crippen LogP contribution in [0.3, 0.4) is 0 Å². The van der Waals surface area contributed by atoms with Crippen molar-refractivity contribution in [1.82, 2.24) is 15.4 Å². The van der Waals surface area contributed by atoms with E-state index < -0.39 is 0 Å². The molecule has 1 amide bonds. The maximum Gasteiger partial charge on any atom is 0.273 e. The smallest absolute Gasteiger partial charge is 0.273 e. The van der Waals surface area contributed by atoms with Gasteiger partial charge >= 0.3 is 0 Å². The predicted octanol–water partition coefficient (Wildman–Crippen LogP) is 4.53. The van der Waals surface area contributed by atoms with Crippen LogP contribution >= 0.6 is 11.3 Å². The van der Waals surface area contributed by atoms with Crippen LogP contribution in [-0.4, -0.2) is 35.6 Å². The molecule has 0 unspecified atom stereocenters.